The Balaban J connectivity index is 1.33. The molecule has 49 heavy (non-hydrogen) atoms. The number of nitrogens with two attached hydrogens (primary N) is 1. The van der Waals surface area contributed by atoms with Gasteiger partial charge in [-0.15, -0.1) is 0 Å². The van der Waals surface area contributed by atoms with Gasteiger partial charge in [0.1, 0.15) is 11.9 Å². The van der Waals surface area contributed by atoms with E-state index < -0.39 is 47.5 Å². The van der Waals surface area contributed by atoms with Crippen LogP contribution in [-0.4, -0.2) is 62.7 Å². The first-order chi connectivity index (χ1) is 23.0. The second-order valence-corrected chi connectivity index (χ2v) is 12.8. The quantitative estimate of drug-likeness (QED) is 0.182. The summed E-state index contributed by atoms with van der Waals surface area (Å²) in [6, 6.07) is 8.74. The third-order valence-corrected chi connectivity index (χ3v) is 9.11. The molecule has 260 valence electrons. The molecule has 2 fully saturated rings. The molecule has 2 aromatic heterocycles. The molecule has 2 saturated heterocycles. The Bertz CT molecular complexity index is 1870. The maximum Gasteiger partial charge on any atom is 0.429 e. The molecule has 10 nitrogen and oxygen atoms in total. The predicted octanol–water partition coefficient (Wildman–Crippen LogP) is 6.61. The Hall–Kier alpha value is -4.57. The number of nitrogen functional groups attached to an aromatic ring is 1. The summed E-state index contributed by atoms with van der Waals surface area (Å²) in [5.74, 6) is -1.43. The van der Waals surface area contributed by atoms with Crippen molar-refractivity contribution in [1.82, 2.24) is 25.1 Å². The average Bonchev–Trinajstić information content (AvgIpc) is 3.65. The number of hydrogen-bond donors (Lipinski definition) is 3. The Labute approximate surface area is 280 Å². The number of aliphatic carboxylic acids is 1. The van der Waals surface area contributed by atoms with Gasteiger partial charge < -0.3 is 25.8 Å². The van der Waals surface area contributed by atoms with E-state index in [0.29, 0.717) is 44.6 Å². The van der Waals surface area contributed by atoms with Crippen molar-refractivity contribution in [2.75, 3.05) is 30.3 Å². The maximum absolute atomic E-state index is 14.8. The van der Waals surface area contributed by atoms with Crippen molar-refractivity contribution in [1.29, 1.82) is 0 Å². The highest BCUT2D eigenvalue weighted by Crippen LogP contribution is 2.43. The number of nitrogens with zero attached hydrogens (tertiary/aromatic N) is 5. The number of anilines is 2. The van der Waals surface area contributed by atoms with Crippen molar-refractivity contribution < 1.29 is 41.0 Å². The van der Waals surface area contributed by atoms with Crippen LogP contribution in [-0.2, 0) is 11.0 Å². The van der Waals surface area contributed by atoms with E-state index in [4.69, 9.17) is 22.1 Å². The molecule has 2 atom stereocenters. The number of nitrogens with one attached hydrogen (secondary N) is 1. The number of benzene rings is 2. The van der Waals surface area contributed by atoms with Crippen molar-refractivity contribution in [3.63, 3.8) is 0 Å². The van der Waals surface area contributed by atoms with Crippen LogP contribution in [0.4, 0.5) is 38.1 Å². The first-order valence-corrected chi connectivity index (χ1v) is 15.5. The van der Waals surface area contributed by atoms with Gasteiger partial charge in [-0.1, -0.05) is 23.7 Å². The van der Waals surface area contributed by atoms with Crippen LogP contribution in [0, 0.1) is 12.3 Å². The van der Waals surface area contributed by atoms with E-state index >= 15 is 0 Å². The number of ether oxygens (including phenoxy) is 1. The molecule has 0 aliphatic carbocycles. The molecule has 0 radical (unpaired) electrons. The van der Waals surface area contributed by atoms with Crippen LogP contribution in [0.15, 0.2) is 54.7 Å². The van der Waals surface area contributed by atoms with Gasteiger partial charge in [-0.25, -0.2) is 4.68 Å². The summed E-state index contributed by atoms with van der Waals surface area (Å²) in [5, 5.41) is 16.5. The fourth-order valence-corrected chi connectivity index (χ4v) is 6.61. The van der Waals surface area contributed by atoms with Gasteiger partial charge in [0, 0.05) is 42.5 Å². The fraction of sp³-hybridized carbons (Fsp3) is 0.375. The minimum atomic E-state index is -4.99. The molecule has 2 aromatic carbocycles. The van der Waals surface area contributed by atoms with Gasteiger partial charge in [0.2, 0.25) is 17.9 Å². The molecule has 4 heterocycles. The molecule has 0 amide bonds. The van der Waals surface area contributed by atoms with E-state index in [1.54, 1.807) is 13.0 Å². The van der Waals surface area contributed by atoms with Gasteiger partial charge in [-0.05, 0) is 73.1 Å². The topological polar surface area (TPSA) is 131 Å². The number of halogens is 7. The molecule has 0 saturated carbocycles. The highest BCUT2D eigenvalue weighted by atomic mass is 35.5. The molecule has 1 spiro atoms. The first-order valence-electron chi connectivity index (χ1n) is 15.1. The third-order valence-electron chi connectivity index (χ3n) is 8.89. The summed E-state index contributed by atoms with van der Waals surface area (Å²) < 4.78 is 91.9. The van der Waals surface area contributed by atoms with Crippen LogP contribution in [0.2, 0.25) is 5.02 Å². The zero-order valence-electron chi connectivity index (χ0n) is 25.8. The van der Waals surface area contributed by atoms with Gasteiger partial charge in [0.25, 0.3) is 0 Å². The number of aryl methyl sites for hydroxylation is 1. The summed E-state index contributed by atoms with van der Waals surface area (Å²) in [6.07, 6.45) is -9.15. The summed E-state index contributed by atoms with van der Waals surface area (Å²) >= 11 is 5.99. The first kappa shape index (κ1) is 34.3. The molecule has 4 N–H and O–H groups in total. The SMILES string of the molecule is Cc1ccn(-c2cc(-c3cc(Cl)cc(C(F)(F)F)c3)ccc2[C@@H](Oc2cc(N3CCC4(CC3)CN[C@H](C(=O)O)C4)nc(N)n2)C(F)(F)F)n1. The summed E-state index contributed by atoms with van der Waals surface area (Å²) in [7, 11) is 0. The number of alkyl halides is 6. The van der Waals surface area contributed by atoms with Crippen molar-refractivity contribution in [3.8, 4) is 22.7 Å². The van der Waals surface area contributed by atoms with E-state index in [-0.39, 0.29) is 39.0 Å². The Morgan fingerprint density at radius 3 is 2.41 bits per heavy atom. The molecule has 17 heteroatoms. The summed E-state index contributed by atoms with van der Waals surface area (Å²) in [5.41, 5.74) is 4.87. The lowest BCUT2D eigenvalue weighted by atomic mass is 9.76. The molecule has 2 aliphatic rings. The molecule has 2 aliphatic heterocycles. The number of piperidine rings is 1. The van der Waals surface area contributed by atoms with Gasteiger partial charge in [-0.2, -0.15) is 41.4 Å². The lowest BCUT2D eigenvalue weighted by Crippen LogP contribution is -2.41. The van der Waals surface area contributed by atoms with E-state index in [9.17, 15) is 36.2 Å². The highest BCUT2D eigenvalue weighted by Gasteiger charge is 2.46. The highest BCUT2D eigenvalue weighted by molar-refractivity contribution is 6.31. The van der Waals surface area contributed by atoms with Gasteiger partial charge in [-0.3, -0.25) is 4.79 Å². The monoisotopic (exact) mass is 709 g/mol. The zero-order chi connectivity index (χ0) is 35.3. The van der Waals surface area contributed by atoms with Crippen molar-refractivity contribution >= 4 is 29.3 Å². The van der Waals surface area contributed by atoms with E-state index in [2.05, 4.69) is 20.4 Å². The van der Waals surface area contributed by atoms with Gasteiger partial charge in [0.05, 0.1) is 16.9 Å². The van der Waals surface area contributed by atoms with Crippen LogP contribution in [0.3, 0.4) is 0 Å². The maximum atomic E-state index is 14.8. The van der Waals surface area contributed by atoms with Crippen LogP contribution < -0.4 is 20.7 Å². The number of carboxylic acid groups (broad SMARTS) is 1. The Morgan fingerprint density at radius 1 is 1.06 bits per heavy atom. The molecule has 0 bridgehead atoms. The van der Waals surface area contributed by atoms with E-state index in [1.165, 1.54) is 35.1 Å². The molecular weight excluding hydrogens is 680 g/mol. The Kier molecular flexibility index (Phi) is 8.90. The number of rotatable bonds is 7. The normalized spacial score (nSPS) is 18.5. The lowest BCUT2D eigenvalue weighted by molar-refractivity contribution is -0.198. The number of carbonyl (C=O) groups is 1. The minimum absolute atomic E-state index is 0.0318. The van der Waals surface area contributed by atoms with E-state index in [0.717, 1.165) is 18.2 Å². The van der Waals surface area contributed by atoms with Crippen molar-refractivity contribution in [2.45, 2.75) is 50.7 Å². The van der Waals surface area contributed by atoms with Crippen LogP contribution in [0.1, 0.15) is 42.2 Å². The smallest absolute Gasteiger partial charge is 0.429 e. The predicted molar refractivity (Wildman–Crippen MR) is 168 cm³/mol. The van der Waals surface area contributed by atoms with Crippen molar-refractivity contribution in [3.05, 3.63) is 76.6 Å². The largest absolute Gasteiger partial charge is 0.480 e. The van der Waals surface area contributed by atoms with E-state index in [1.807, 2.05) is 4.90 Å². The standard InChI is InChI=1S/C32H30ClF6N7O3/c1-17-4-7-46(44-17)24-12-18(19-10-20(31(34,35)36)13-21(33)11-19)2-3-22(24)27(32(37,38)39)49-26-14-25(42-29(40)43-26)45-8-5-30(6-9-45)15-23(28(47)48)41-16-30/h2-4,7,10-14,23,27,41H,5-6,8-9,15-16H2,1H3,(H,47,48)(H2,40,42,43)/t23-,27+/m0/s1. The third kappa shape index (κ3) is 7.39. The van der Waals surface area contributed by atoms with Gasteiger partial charge in [0.15, 0.2) is 0 Å². The zero-order valence-corrected chi connectivity index (χ0v) is 26.6. The number of aromatic nitrogens is 4. The second-order valence-electron chi connectivity index (χ2n) is 12.3. The van der Waals surface area contributed by atoms with Crippen molar-refractivity contribution in [2.24, 2.45) is 5.41 Å². The van der Waals surface area contributed by atoms with Crippen LogP contribution >= 0.6 is 11.6 Å². The van der Waals surface area contributed by atoms with Crippen LogP contribution in [0.5, 0.6) is 5.88 Å². The Morgan fingerprint density at radius 2 is 1.80 bits per heavy atom. The van der Waals surface area contributed by atoms with Crippen LogP contribution in [0.25, 0.3) is 16.8 Å². The minimum Gasteiger partial charge on any atom is -0.480 e. The number of hydrogen-bond acceptors (Lipinski definition) is 8. The molecule has 0 unspecified atom stereocenters. The molecule has 4 aromatic rings. The average molecular weight is 710 g/mol. The summed E-state index contributed by atoms with van der Waals surface area (Å²) in [6.45, 7) is 3.08. The number of carboxylic acids is 1. The fourth-order valence-electron chi connectivity index (χ4n) is 6.38. The molecular formula is C32H30ClF6N7O3. The lowest BCUT2D eigenvalue weighted by Gasteiger charge is -2.39. The second kappa shape index (κ2) is 12.7. The summed E-state index contributed by atoms with van der Waals surface area (Å²) in [4.78, 5) is 21.4. The van der Waals surface area contributed by atoms with Gasteiger partial charge >= 0.3 is 18.3 Å². The molecule has 6 rings (SSSR count).